The number of unbranched alkanes of at least 4 members (excludes halogenated alkanes) is 1. The number of hydrogen-bond donors (Lipinski definition) is 2. The van der Waals surface area contributed by atoms with Gasteiger partial charge in [0.15, 0.2) is 11.6 Å². The highest BCUT2D eigenvalue weighted by atomic mass is 32.2. The van der Waals surface area contributed by atoms with E-state index in [1.54, 1.807) is 0 Å². The zero-order chi connectivity index (χ0) is 18.4. The Labute approximate surface area is 145 Å². The van der Waals surface area contributed by atoms with E-state index in [1.165, 1.54) is 30.3 Å². The van der Waals surface area contributed by atoms with Gasteiger partial charge in [0.1, 0.15) is 0 Å². The number of sulfonamides is 1. The lowest BCUT2D eigenvalue weighted by Crippen LogP contribution is -2.24. The van der Waals surface area contributed by atoms with Crippen LogP contribution in [0.3, 0.4) is 0 Å². The van der Waals surface area contributed by atoms with Gasteiger partial charge in [-0.2, -0.15) is 0 Å². The fourth-order valence-electron chi connectivity index (χ4n) is 2.03. The predicted octanol–water partition coefficient (Wildman–Crippen LogP) is 3.30. The van der Waals surface area contributed by atoms with E-state index in [-0.39, 0.29) is 16.1 Å². The summed E-state index contributed by atoms with van der Waals surface area (Å²) in [4.78, 5) is 12.1. The third-order valence-corrected chi connectivity index (χ3v) is 4.90. The highest BCUT2D eigenvalue weighted by Gasteiger charge is 2.14. The molecule has 5 nitrogen and oxygen atoms in total. The van der Waals surface area contributed by atoms with Crippen LogP contribution in [0.2, 0.25) is 0 Å². The van der Waals surface area contributed by atoms with E-state index in [1.807, 2.05) is 6.92 Å². The molecule has 0 saturated carbocycles. The van der Waals surface area contributed by atoms with Crippen molar-refractivity contribution in [3.8, 4) is 0 Å². The summed E-state index contributed by atoms with van der Waals surface area (Å²) < 4.78 is 52.6. The molecule has 25 heavy (non-hydrogen) atoms. The molecule has 134 valence electrons. The highest BCUT2D eigenvalue weighted by molar-refractivity contribution is 7.89. The van der Waals surface area contributed by atoms with Gasteiger partial charge >= 0.3 is 0 Å². The van der Waals surface area contributed by atoms with Crippen LogP contribution in [0.15, 0.2) is 47.4 Å². The van der Waals surface area contributed by atoms with Gasteiger partial charge in [-0.15, -0.1) is 0 Å². The number of nitrogens with one attached hydrogen (secondary N) is 2. The zero-order valence-corrected chi connectivity index (χ0v) is 14.4. The third-order valence-electron chi connectivity index (χ3n) is 3.43. The van der Waals surface area contributed by atoms with Crippen molar-refractivity contribution in [2.45, 2.75) is 24.7 Å². The topological polar surface area (TPSA) is 75.3 Å². The molecule has 0 bridgehead atoms. The molecule has 0 saturated heterocycles. The van der Waals surface area contributed by atoms with Gasteiger partial charge in [-0.1, -0.05) is 13.3 Å². The van der Waals surface area contributed by atoms with Gasteiger partial charge in [-0.3, -0.25) is 4.79 Å². The third kappa shape index (κ3) is 5.07. The highest BCUT2D eigenvalue weighted by Crippen LogP contribution is 2.16. The average Bonchev–Trinajstić information content (AvgIpc) is 2.58. The van der Waals surface area contributed by atoms with Gasteiger partial charge in [-0.25, -0.2) is 21.9 Å². The molecule has 2 N–H and O–H groups in total. The van der Waals surface area contributed by atoms with E-state index in [0.717, 1.165) is 25.0 Å². The summed E-state index contributed by atoms with van der Waals surface area (Å²) >= 11 is 0. The summed E-state index contributed by atoms with van der Waals surface area (Å²) in [5.41, 5.74) is 0.291. The molecule has 0 radical (unpaired) electrons. The normalized spacial score (nSPS) is 11.3. The van der Waals surface area contributed by atoms with Gasteiger partial charge < -0.3 is 5.32 Å². The minimum Gasteiger partial charge on any atom is -0.322 e. The Morgan fingerprint density at radius 3 is 2.32 bits per heavy atom. The van der Waals surface area contributed by atoms with Crippen molar-refractivity contribution >= 4 is 21.6 Å². The van der Waals surface area contributed by atoms with Crippen molar-refractivity contribution in [3.63, 3.8) is 0 Å². The van der Waals surface area contributed by atoms with Crippen LogP contribution in [0.1, 0.15) is 30.1 Å². The minimum atomic E-state index is -3.62. The lowest BCUT2D eigenvalue weighted by atomic mass is 10.2. The molecule has 0 aromatic heterocycles. The fraction of sp³-hybridized carbons (Fsp3) is 0.235. The van der Waals surface area contributed by atoms with Crippen molar-refractivity contribution in [1.82, 2.24) is 4.72 Å². The van der Waals surface area contributed by atoms with Gasteiger partial charge in [0, 0.05) is 23.9 Å². The first-order valence-electron chi connectivity index (χ1n) is 7.69. The van der Waals surface area contributed by atoms with Gasteiger partial charge in [0.25, 0.3) is 5.91 Å². The molecule has 8 heteroatoms. The lowest BCUT2D eigenvalue weighted by Gasteiger charge is -2.08. The number of benzene rings is 2. The summed E-state index contributed by atoms with van der Waals surface area (Å²) in [5.74, 6) is -2.64. The van der Waals surface area contributed by atoms with Crippen molar-refractivity contribution in [3.05, 3.63) is 59.7 Å². The Morgan fingerprint density at radius 2 is 1.72 bits per heavy atom. The Morgan fingerprint density at radius 1 is 1.04 bits per heavy atom. The molecule has 0 unspecified atom stereocenters. The van der Waals surface area contributed by atoms with Gasteiger partial charge in [-0.05, 0) is 42.8 Å². The van der Waals surface area contributed by atoms with Gasteiger partial charge in [0.05, 0.1) is 4.90 Å². The number of anilines is 1. The molecule has 2 aromatic carbocycles. The first-order valence-corrected chi connectivity index (χ1v) is 9.18. The minimum absolute atomic E-state index is 0.0491. The molecule has 0 spiro atoms. The molecule has 2 aromatic rings. The van der Waals surface area contributed by atoms with Crippen LogP contribution in [0, 0.1) is 11.6 Å². The molecule has 0 fully saturated rings. The summed E-state index contributed by atoms with van der Waals surface area (Å²) in [6.07, 6.45) is 1.60. The average molecular weight is 368 g/mol. The lowest BCUT2D eigenvalue weighted by molar-refractivity contribution is 0.102. The number of hydrogen-bond acceptors (Lipinski definition) is 3. The number of carbonyl (C=O) groups is 1. The van der Waals surface area contributed by atoms with Crippen molar-refractivity contribution in [1.29, 1.82) is 0 Å². The van der Waals surface area contributed by atoms with Crippen LogP contribution in [-0.4, -0.2) is 20.9 Å². The fourth-order valence-corrected chi connectivity index (χ4v) is 3.10. The van der Waals surface area contributed by atoms with E-state index in [2.05, 4.69) is 10.0 Å². The number of halogens is 2. The number of carbonyl (C=O) groups excluding carboxylic acids is 1. The van der Waals surface area contributed by atoms with Crippen LogP contribution in [-0.2, 0) is 10.0 Å². The monoisotopic (exact) mass is 368 g/mol. The van der Waals surface area contributed by atoms with Crippen LogP contribution >= 0.6 is 0 Å². The Kier molecular flexibility index (Phi) is 6.22. The second-order valence-electron chi connectivity index (χ2n) is 5.36. The standard InChI is InChI=1S/C17H18F2N2O3S/c1-2-3-10-20-25(23,24)14-7-4-12(5-8-14)17(22)21-13-6-9-15(18)16(19)11-13/h4-9,11,20H,2-3,10H2,1H3,(H,21,22). The first kappa shape index (κ1) is 19.0. The molecule has 0 atom stereocenters. The largest absolute Gasteiger partial charge is 0.322 e. The SMILES string of the molecule is CCCCNS(=O)(=O)c1ccc(C(=O)Nc2ccc(F)c(F)c2)cc1. The van der Waals surface area contributed by atoms with E-state index in [4.69, 9.17) is 0 Å². The second kappa shape index (κ2) is 8.17. The maximum Gasteiger partial charge on any atom is 0.255 e. The number of rotatable bonds is 7. The van der Waals surface area contributed by atoms with E-state index < -0.39 is 27.6 Å². The Hall–Kier alpha value is -2.32. The first-order chi connectivity index (χ1) is 11.8. The molecule has 2 rings (SSSR count). The predicted molar refractivity (Wildman–Crippen MR) is 90.8 cm³/mol. The maximum atomic E-state index is 13.1. The van der Waals surface area contributed by atoms with Crippen LogP contribution < -0.4 is 10.0 Å². The van der Waals surface area contributed by atoms with Gasteiger partial charge in [0.2, 0.25) is 10.0 Å². The van der Waals surface area contributed by atoms with E-state index in [9.17, 15) is 22.0 Å². The molecule has 0 aliphatic heterocycles. The summed E-state index contributed by atoms with van der Waals surface area (Å²) in [6.45, 7) is 2.30. The van der Waals surface area contributed by atoms with Crippen LogP contribution in [0.25, 0.3) is 0 Å². The molecule has 0 aliphatic rings. The second-order valence-corrected chi connectivity index (χ2v) is 7.13. The smallest absolute Gasteiger partial charge is 0.255 e. The molecular weight excluding hydrogens is 350 g/mol. The summed E-state index contributed by atoms with van der Waals surface area (Å²) in [6, 6.07) is 8.33. The molecule has 1 amide bonds. The van der Waals surface area contributed by atoms with Crippen molar-refractivity contribution < 1.29 is 22.0 Å². The zero-order valence-electron chi connectivity index (χ0n) is 13.6. The number of amides is 1. The maximum absolute atomic E-state index is 13.1. The van der Waals surface area contributed by atoms with Crippen molar-refractivity contribution in [2.24, 2.45) is 0 Å². The Bertz CT molecular complexity index is 853. The van der Waals surface area contributed by atoms with Crippen molar-refractivity contribution in [2.75, 3.05) is 11.9 Å². The summed E-state index contributed by atoms with van der Waals surface area (Å²) in [5, 5.41) is 2.42. The Balaban J connectivity index is 2.08. The molecule has 0 heterocycles. The molecular formula is C17H18F2N2O3S. The molecule has 0 aliphatic carbocycles. The summed E-state index contributed by atoms with van der Waals surface area (Å²) in [7, 11) is -3.62. The van der Waals surface area contributed by atoms with E-state index in [0.29, 0.717) is 6.54 Å². The van der Waals surface area contributed by atoms with Crippen LogP contribution in [0.4, 0.5) is 14.5 Å². The van der Waals surface area contributed by atoms with E-state index >= 15 is 0 Å². The van der Waals surface area contributed by atoms with Crippen LogP contribution in [0.5, 0.6) is 0 Å². The quantitative estimate of drug-likeness (QED) is 0.737.